The molecule has 1 aromatic carbocycles. The summed E-state index contributed by atoms with van der Waals surface area (Å²) in [6.07, 6.45) is 6.75. The Labute approximate surface area is 108 Å². The van der Waals surface area contributed by atoms with Gasteiger partial charge < -0.3 is 5.11 Å². The second kappa shape index (κ2) is 6.36. The van der Waals surface area contributed by atoms with Crippen molar-refractivity contribution in [2.24, 2.45) is 0 Å². The van der Waals surface area contributed by atoms with E-state index in [1.165, 1.54) is 44.0 Å². The lowest BCUT2D eigenvalue weighted by Gasteiger charge is -2.26. The van der Waals surface area contributed by atoms with Gasteiger partial charge in [-0.05, 0) is 43.1 Å². The highest BCUT2D eigenvalue weighted by Crippen LogP contribution is 2.14. The van der Waals surface area contributed by atoms with E-state index < -0.39 is 5.97 Å². The Bertz CT molecular complexity index is 417. The number of carbonyl (C=O) groups is 1. The molecule has 1 aliphatic heterocycles. The molecule has 96 valence electrons. The molecule has 3 heteroatoms. The minimum atomic E-state index is -0.910. The Morgan fingerprint density at radius 3 is 2.44 bits per heavy atom. The third-order valence-corrected chi connectivity index (χ3v) is 3.25. The SMILES string of the molecule is O=C(O)C=Cc1ccc(CN2CCCCC2)cc1. The molecule has 0 aliphatic carbocycles. The van der Waals surface area contributed by atoms with Gasteiger partial charge in [-0.3, -0.25) is 4.90 Å². The molecule has 0 amide bonds. The maximum absolute atomic E-state index is 10.4. The maximum atomic E-state index is 10.4. The van der Waals surface area contributed by atoms with Gasteiger partial charge in [-0.1, -0.05) is 30.7 Å². The van der Waals surface area contributed by atoms with Crippen molar-refractivity contribution in [3.8, 4) is 0 Å². The van der Waals surface area contributed by atoms with Crippen molar-refractivity contribution in [2.45, 2.75) is 25.8 Å². The summed E-state index contributed by atoms with van der Waals surface area (Å²) in [5, 5.41) is 8.55. The van der Waals surface area contributed by atoms with Gasteiger partial charge in [0.15, 0.2) is 0 Å². The average molecular weight is 245 g/mol. The summed E-state index contributed by atoms with van der Waals surface area (Å²) in [7, 11) is 0. The third kappa shape index (κ3) is 4.00. The number of carboxylic acid groups (broad SMARTS) is 1. The minimum absolute atomic E-state index is 0.910. The van der Waals surface area contributed by atoms with E-state index in [1.54, 1.807) is 6.08 Å². The van der Waals surface area contributed by atoms with Crippen molar-refractivity contribution in [2.75, 3.05) is 13.1 Å². The quantitative estimate of drug-likeness (QED) is 0.829. The Hall–Kier alpha value is -1.61. The monoisotopic (exact) mass is 245 g/mol. The number of hydrogen-bond donors (Lipinski definition) is 1. The zero-order valence-electron chi connectivity index (χ0n) is 10.5. The van der Waals surface area contributed by atoms with Gasteiger partial charge in [0.25, 0.3) is 0 Å². The van der Waals surface area contributed by atoms with Gasteiger partial charge in [-0.15, -0.1) is 0 Å². The van der Waals surface area contributed by atoms with Crippen LogP contribution in [0.15, 0.2) is 30.3 Å². The van der Waals surface area contributed by atoms with Crippen LogP contribution in [0.3, 0.4) is 0 Å². The number of nitrogens with zero attached hydrogens (tertiary/aromatic N) is 1. The lowest BCUT2D eigenvalue weighted by Crippen LogP contribution is -2.28. The van der Waals surface area contributed by atoms with Gasteiger partial charge in [-0.25, -0.2) is 4.79 Å². The number of benzene rings is 1. The highest BCUT2D eigenvalue weighted by atomic mass is 16.4. The largest absolute Gasteiger partial charge is 0.478 e. The predicted octanol–water partition coefficient (Wildman–Crippen LogP) is 2.77. The first-order chi connectivity index (χ1) is 8.74. The number of piperidine rings is 1. The Morgan fingerprint density at radius 2 is 1.83 bits per heavy atom. The van der Waals surface area contributed by atoms with Crippen LogP contribution in [-0.2, 0) is 11.3 Å². The second-order valence-corrected chi connectivity index (χ2v) is 4.75. The summed E-state index contributed by atoms with van der Waals surface area (Å²) in [5.41, 5.74) is 2.23. The Balaban J connectivity index is 1.92. The van der Waals surface area contributed by atoms with Gasteiger partial charge in [0, 0.05) is 12.6 Å². The molecule has 3 nitrogen and oxygen atoms in total. The number of likely N-dealkylation sites (tertiary alicyclic amines) is 1. The predicted molar refractivity (Wildman–Crippen MR) is 72.2 cm³/mol. The normalized spacial score (nSPS) is 17.1. The lowest BCUT2D eigenvalue weighted by atomic mass is 10.1. The molecule has 1 N–H and O–H groups in total. The molecule has 0 spiro atoms. The van der Waals surface area contributed by atoms with Crippen LogP contribution in [0, 0.1) is 0 Å². The molecule has 2 rings (SSSR count). The summed E-state index contributed by atoms with van der Waals surface area (Å²) >= 11 is 0. The van der Waals surface area contributed by atoms with E-state index in [0.29, 0.717) is 0 Å². The molecule has 1 heterocycles. The fraction of sp³-hybridized carbons (Fsp3) is 0.400. The molecule has 18 heavy (non-hydrogen) atoms. The minimum Gasteiger partial charge on any atom is -0.478 e. The molecule has 0 radical (unpaired) electrons. The summed E-state index contributed by atoms with van der Waals surface area (Å²) < 4.78 is 0. The van der Waals surface area contributed by atoms with Gasteiger partial charge in [-0.2, -0.15) is 0 Å². The van der Waals surface area contributed by atoms with E-state index in [0.717, 1.165) is 12.1 Å². The van der Waals surface area contributed by atoms with Gasteiger partial charge >= 0.3 is 5.97 Å². The van der Waals surface area contributed by atoms with Crippen LogP contribution in [-0.4, -0.2) is 29.1 Å². The molecule has 0 aromatic heterocycles. The summed E-state index contributed by atoms with van der Waals surface area (Å²) in [6.45, 7) is 3.39. The Morgan fingerprint density at radius 1 is 1.17 bits per heavy atom. The molecule has 0 unspecified atom stereocenters. The van der Waals surface area contributed by atoms with Crippen molar-refractivity contribution in [1.29, 1.82) is 0 Å². The number of carboxylic acids is 1. The van der Waals surface area contributed by atoms with E-state index in [-0.39, 0.29) is 0 Å². The average Bonchev–Trinajstić information content (AvgIpc) is 2.39. The van der Waals surface area contributed by atoms with E-state index >= 15 is 0 Å². The maximum Gasteiger partial charge on any atom is 0.328 e. The number of aliphatic carboxylic acids is 1. The van der Waals surface area contributed by atoms with Crippen LogP contribution in [0.5, 0.6) is 0 Å². The van der Waals surface area contributed by atoms with Crippen molar-refractivity contribution in [3.05, 3.63) is 41.5 Å². The fourth-order valence-corrected chi connectivity index (χ4v) is 2.28. The van der Waals surface area contributed by atoms with Gasteiger partial charge in [0.1, 0.15) is 0 Å². The second-order valence-electron chi connectivity index (χ2n) is 4.75. The van der Waals surface area contributed by atoms with Crippen molar-refractivity contribution < 1.29 is 9.90 Å². The molecular weight excluding hydrogens is 226 g/mol. The summed E-state index contributed by atoms with van der Waals surface area (Å²) in [6, 6.07) is 8.10. The van der Waals surface area contributed by atoms with Gasteiger partial charge in [0.05, 0.1) is 0 Å². The fourth-order valence-electron chi connectivity index (χ4n) is 2.28. The highest BCUT2D eigenvalue weighted by Gasteiger charge is 2.09. The molecule has 0 saturated carbocycles. The third-order valence-electron chi connectivity index (χ3n) is 3.25. The highest BCUT2D eigenvalue weighted by molar-refractivity contribution is 5.85. The van der Waals surface area contributed by atoms with E-state index in [1.807, 2.05) is 12.1 Å². The van der Waals surface area contributed by atoms with Crippen molar-refractivity contribution >= 4 is 12.0 Å². The Kier molecular flexibility index (Phi) is 4.53. The number of hydrogen-bond acceptors (Lipinski definition) is 2. The zero-order chi connectivity index (χ0) is 12.8. The zero-order valence-corrected chi connectivity index (χ0v) is 10.5. The van der Waals surface area contributed by atoms with Crippen molar-refractivity contribution in [3.63, 3.8) is 0 Å². The molecular formula is C15H19NO2. The van der Waals surface area contributed by atoms with E-state index in [4.69, 9.17) is 5.11 Å². The van der Waals surface area contributed by atoms with Crippen LogP contribution in [0.2, 0.25) is 0 Å². The first-order valence-corrected chi connectivity index (χ1v) is 6.46. The first kappa shape index (κ1) is 12.8. The molecule has 0 bridgehead atoms. The number of rotatable bonds is 4. The summed E-state index contributed by atoms with van der Waals surface area (Å²) in [5.74, 6) is -0.910. The van der Waals surface area contributed by atoms with Crippen LogP contribution in [0.4, 0.5) is 0 Å². The molecule has 0 atom stereocenters. The van der Waals surface area contributed by atoms with Crippen LogP contribution in [0.1, 0.15) is 30.4 Å². The smallest absolute Gasteiger partial charge is 0.328 e. The molecule has 1 saturated heterocycles. The summed E-state index contributed by atoms with van der Waals surface area (Å²) in [4.78, 5) is 12.9. The molecule has 1 aliphatic rings. The van der Waals surface area contributed by atoms with Crippen LogP contribution in [0.25, 0.3) is 6.08 Å². The molecule has 1 fully saturated rings. The van der Waals surface area contributed by atoms with Crippen molar-refractivity contribution in [1.82, 2.24) is 4.90 Å². The van der Waals surface area contributed by atoms with E-state index in [2.05, 4.69) is 17.0 Å². The molecule has 1 aromatic rings. The topological polar surface area (TPSA) is 40.5 Å². The van der Waals surface area contributed by atoms with E-state index in [9.17, 15) is 4.79 Å². The van der Waals surface area contributed by atoms with Crippen LogP contribution >= 0.6 is 0 Å². The first-order valence-electron chi connectivity index (χ1n) is 6.46. The lowest BCUT2D eigenvalue weighted by molar-refractivity contribution is -0.131. The standard InChI is InChI=1S/C15H19NO2/c17-15(18)9-8-13-4-6-14(7-5-13)12-16-10-2-1-3-11-16/h4-9H,1-3,10-12H2,(H,17,18). The van der Waals surface area contributed by atoms with Crippen LogP contribution < -0.4 is 0 Å². The van der Waals surface area contributed by atoms with Gasteiger partial charge in [0.2, 0.25) is 0 Å².